The molecule has 2 aromatic rings. The number of carbonyl (C=O) groups is 2. The number of aryl methyl sites for hydroxylation is 1. The summed E-state index contributed by atoms with van der Waals surface area (Å²) in [5.74, 6) is 0.860. The summed E-state index contributed by atoms with van der Waals surface area (Å²) >= 11 is 0. The predicted molar refractivity (Wildman–Crippen MR) is 132 cm³/mol. The average molecular weight is 451 g/mol. The zero-order valence-electron chi connectivity index (χ0n) is 19.7. The lowest BCUT2D eigenvalue weighted by Gasteiger charge is -2.37. The zero-order valence-corrected chi connectivity index (χ0v) is 19.7. The standard InChI is InChI=1S/C26H34N4O3/c1-19-23(27-20(2)31)6-5-7-25(19)30-15-13-29(14-16-30)12-3-4-17-33-22-10-8-21-9-11-26(32)28-24(21)18-22/h5-8,10,18H,3-4,9,11-17H2,1-2H3,(H,27,31)(H,28,32). The van der Waals surface area contributed by atoms with E-state index in [1.54, 1.807) is 6.92 Å². The van der Waals surface area contributed by atoms with Crippen molar-refractivity contribution in [2.75, 3.05) is 54.9 Å². The van der Waals surface area contributed by atoms with Gasteiger partial charge < -0.3 is 20.3 Å². The van der Waals surface area contributed by atoms with Crippen molar-refractivity contribution in [1.82, 2.24) is 4.90 Å². The first-order chi connectivity index (χ1) is 16.0. The van der Waals surface area contributed by atoms with Crippen LogP contribution in [0, 0.1) is 6.92 Å². The van der Waals surface area contributed by atoms with Gasteiger partial charge in [-0.2, -0.15) is 0 Å². The van der Waals surface area contributed by atoms with Crippen LogP contribution >= 0.6 is 0 Å². The second-order valence-corrected chi connectivity index (χ2v) is 8.88. The molecule has 0 aliphatic carbocycles. The van der Waals surface area contributed by atoms with Gasteiger partial charge >= 0.3 is 0 Å². The lowest BCUT2D eigenvalue weighted by Crippen LogP contribution is -2.46. The highest BCUT2D eigenvalue weighted by atomic mass is 16.5. The van der Waals surface area contributed by atoms with Crippen LogP contribution in [-0.4, -0.2) is 56.0 Å². The Bertz CT molecular complexity index is 999. The molecule has 0 atom stereocenters. The number of rotatable bonds is 8. The topological polar surface area (TPSA) is 73.9 Å². The van der Waals surface area contributed by atoms with Gasteiger partial charge in [-0.1, -0.05) is 12.1 Å². The number of piperazine rings is 1. The molecule has 0 spiro atoms. The molecule has 176 valence electrons. The maximum absolute atomic E-state index is 11.6. The van der Waals surface area contributed by atoms with Crippen LogP contribution in [0.15, 0.2) is 36.4 Å². The summed E-state index contributed by atoms with van der Waals surface area (Å²) in [7, 11) is 0. The molecule has 2 aromatic carbocycles. The highest BCUT2D eigenvalue weighted by molar-refractivity contribution is 5.94. The van der Waals surface area contributed by atoms with E-state index in [2.05, 4.69) is 39.5 Å². The number of benzene rings is 2. The van der Waals surface area contributed by atoms with Crippen LogP contribution in [0.4, 0.5) is 17.1 Å². The Balaban J connectivity index is 1.17. The Morgan fingerprint density at radius 1 is 1.09 bits per heavy atom. The van der Waals surface area contributed by atoms with Crippen LogP contribution < -0.4 is 20.3 Å². The van der Waals surface area contributed by atoms with Gasteiger partial charge in [-0.3, -0.25) is 14.5 Å². The molecule has 2 aliphatic heterocycles. The number of hydrogen-bond acceptors (Lipinski definition) is 5. The largest absolute Gasteiger partial charge is 0.494 e. The highest BCUT2D eigenvalue weighted by Crippen LogP contribution is 2.28. The van der Waals surface area contributed by atoms with Crippen molar-refractivity contribution in [2.45, 2.75) is 39.5 Å². The minimum atomic E-state index is -0.0394. The molecule has 33 heavy (non-hydrogen) atoms. The molecule has 7 heteroatoms. The van der Waals surface area contributed by atoms with Crippen LogP contribution in [0.25, 0.3) is 0 Å². The molecule has 2 aliphatic rings. The Kier molecular flexibility index (Phi) is 7.50. The summed E-state index contributed by atoms with van der Waals surface area (Å²) in [6, 6.07) is 12.1. The molecule has 0 bridgehead atoms. The molecule has 2 N–H and O–H groups in total. The predicted octanol–water partition coefficient (Wildman–Crippen LogP) is 3.82. The molecule has 0 unspecified atom stereocenters. The van der Waals surface area contributed by atoms with Crippen molar-refractivity contribution in [2.24, 2.45) is 0 Å². The van der Waals surface area contributed by atoms with E-state index in [1.807, 2.05) is 24.3 Å². The fourth-order valence-electron chi connectivity index (χ4n) is 4.57. The molecular formula is C26H34N4O3. The molecule has 1 fully saturated rings. The molecule has 0 radical (unpaired) electrons. The molecule has 2 heterocycles. The summed E-state index contributed by atoms with van der Waals surface area (Å²) in [6.07, 6.45) is 3.46. The van der Waals surface area contributed by atoms with Gasteiger partial charge in [-0.15, -0.1) is 0 Å². The Hall–Kier alpha value is -3.06. The van der Waals surface area contributed by atoms with Gasteiger partial charge in [-0.05, 0) is 62.1 Å². The third-order valence-corrected chi connectivity index (χ3v) is 6.44. The Labute approximate surface area is 196 Å². The van der Waals surface area contributed by atoms with E-state index in [4.69, 9.17) is 4.74 Å². The number of amides is 2. The first-order valence-corrected chi connectivity index (χ1v) is 11.9. The van der Waals surface area contributed by atoms with Crippen molar-refractivity contribution in [1.29, 1.82) is 0 Å². The van der Waals surface area contributed by atoms with Crippen molar-refractivity contribution >= 4 is 28.9 Å². The van der Waals surface area contributed by atoms with E-state index in [1.165, 1.54) is 11.3 Å². The Morgan fingerprint density at radius 2 is 1.91 bits per heavy atom. The summed E-state index contributed by atoms with van der Waals surface area (Å²) in [5, 5.41) is 5.85. The van der Waals surface area contributed by atoms with Gasteiger partial charge in [-0.25, -0.2) is 0 Å². The molecule has 7 nitrogen and oxygen atoms in total. The van der Waals surface area contributed by atoms with Gasteiger partial charge in [0.15, 0.2) is 0 Å². The van der Waals surface area contributed by atoms with Crippen LogP contribution in [0.3, 0.4) is 0 Å². The normalized spacial score (nSPS) is 16.2. The number of ether oxygens (including phenoxy) is 1. The summed E-state index contributed by atoms with van der Waals surface area (Å²) in [5.41, 5.74) is 5.29. The molecule has 2 amide bonds. The second kappa shape index (κ2) is 10.7. The number of unbranched alkanes of at least 4 members (excludes halogenated alkanes) is 1. The number of nitrogens with one attached hydrogen (secondary N) is 2. The third kappa shape index (κ3) is 6.05. The van der Waals surface area contributed by atoms with Gasteiger partial charge in [0.25, 0.3) is 0 Å². The number of fused-ring (bicyclic) bond motifs is 1. The van der Waals surface area contributed by atoms with Crippen molar-refractivity contribution in [3.63, 3.8) is 0 Å². The van der Waals surface area contributed by atoms with E-state index in [-0.39, 0.29) is 11.8 Å². The first kappa shape index (κ1) is 23.1. The monoisotopic (exact) mass is 450 g/mol. The summed E-state index contributed by atoms with van der Waals surface area (Å²) in [4.78, 5) is 27.9. The fourth-order valence-corrected chi connectivity index (χ4v) is 4.57. The summed E-state index contributed by atoms with van der Waals surface area (Å²) in [6.45, 7) is 9.42. The van der Waals surface area contributed by atoms with Crippen molar-refractivity contribution in [3.05, 3.63) is 47.5 Å². The minimum Gasteiger partial charge on any atom is -0.494 e. The maximum Gasteiger partial charge on any atom is 0.224 e. The second-order valence-electron chi connectivity index (χ2n) is 8.88. The quantitative estimate of drug-likeness (QED) is 0.598. The average Bonchev–Trinajstić information content (AvgIpc) is 2.80. The highest BCUT2D eigenvalue weighted by Gasteiger charge is 2.19. The molecule has 0 saturated carbocycles. The molecular weight excluding hydrogens is 416 g/mol. The van der Waals surface area contributed by atoms with E-state index >= 15 is 0 Å². The Morgan fingerprint density at radius 3 is 2.70 bits per heavy atom. The van der Waals surface area contributed by atoms with Crippen molar-refractivity contribution in [3.8, 4) is 5.75 Å². The smallest absolute Gasteiger partial charge is 0.224 e. The van der Waals surface area contributed by atoms with Gasteiger partial charge in [0.2, 0.25) is 11.8 Å². The maximum atomic E-state index is 11.6. The third-order valence-electron chi connectivity index (χ3n) is 6.44. The van der Waals surface area contributed by atoms with Crippen LogP contribution in [0.2, 0.25) is 0 Å². The summed E-state index contributed by atoms with van der Waals surface area (Å²) < 4.78 is 5.92. The van der Waals surface area contributed by atoms with Gasteiger partial charge in [0.05, 0.1) is 6.61 Å². The van der Waals surface area contributed by atoms with E-state index < -0.39 is 0 Å². The van der Waals surface area contributed by atoms with Crippen LogP contribution in [0.5, 0.6) is 5.75 Å². The van der Waals surface area contributed by atoms with E-state index in [0.29, 0.717) is 13.0 Å². The first-order valence-electron chi connectivity index (χ1n) is 11.9. The van der Waals surface area contributed by atoms with Gasteiger partial charge in [0, 0.05) is 62.7 Å². The lowest BCUT2D eigenvalue weighted by atomic mass is 10.0. The SMILES string of the molecule is CC(=O)Nc1cccc(N2CCN(CCCCOc3ccc4c(c3)NC(=O)CC4)CC2)c1C. The molecule has 4 rings (SSSR count). The van der Waals surface area contributed by atoms with E-state index in [9.17, 15) is 9.59 Å². The van der Waals surface area contributed by atoms with Crippen LogP contribution in [0.1, 0.15) is 37.3 Å². The zero-order chi connectivity index (χ0) is 23.2. The minimum absolute atomic E-state index is 0.0394. The lowest BCUT2D eigenvalue weighted by molar-refractivity contribution is -0.116. The van der Waals surface area contributed by atoms with Gasteiger partial charge in [0.1, 0.15) is 5.75 Å². The molecule has 1 saturated heterocycles. The number of hydrogen-bond donors (Lipinski definition) is 2. The number of anilines is 3. The molecule has 0 aromatic heterocycles. The van der Waals surface area contributed by atoms with Crippen LogP contribution in [-0.2, 0) is 16.0 Å². The fraction of sp³-hybridized carbons (Fsp3) is 0.462. The number of carbonyl (C=O) groups excluding carboxylic acids is 2. The van der Waals surface area contributed by atoms with Crippen molar-refractivity contribution < 1.29 is 14.3 Å². The number of nitrogens with zero attached hydrogens (tertiary/aromatic N) is 2. The van der Waals surface area contributed by atoms with E-state index in [0.717, 1.165) is 74.7 Å².